The van der Waals surface area contributed by atoms with Crippen LogP contribution in [-0.4, -0.2) is 39.6 Å². The van der Waals surface area contributed by atoms with Gasteiger partial charge in [-0.25, -0.2) is 0 Å². The van der Waals surface area contributed by atoms with Gasteiger partial charge in [-0.05, 0) is 44.9 Å². The van der Waals surface area contributed by atoms with E-state index in [1.807, 2.05) is 49.1 Å². The molecule has 28 heavy (non-hydrogen) atoms. The van der Waals surface area contributed by atoms with Crippen LogP contribution in [0.1, 0.15) is 42.5 Å². The molecule has 1 aromatic heterocycles. The molecular weight excluding hydrogens is 392 g/mol. The summed E-state index contributed by atoms with van der Waals surface area (Å²) < 4.78 is 0. The minimum atomic E-state index is -0.649. The summed E-state index contributed by atoms with van der Waals surface area (Å²) in [5, 5.41) is -0.649. The van der Waals surface area contributed by atoms with Crippen LogP contribution >= 0.6 is 22.9 Å². The third-order valence-corrected chi connectivity index (χ3v) is 5.94. The summed E-state index contributed by atoms with van der Waals surface area (Å²) in [6.07, 6.45) is 0.769. The molecule has 2 amide bonds. The van der Waals surface area contributed by atoms with Crippen molar-refractivity contribution in [3.63, 3.8) is 0 Å². The molecule has 0 unspecified atom stereocenters. The summed E-state index contributed by atoms with van der Waals surface area (Å²) >= 11 is 7.72. The number of nitrogens with zero attached hydrogens (tertiary/aromatic N) is 2. The predicted molar refractivity (Wildman–Crippen MR) is 117 cm³/mol. The lowest BCUT2D eigenvalue weighted by Gasteiger charge is -2.32. The van der Waals surface area contributed by atoms with Gasteiger partial charge in [0.25, 0.3) is 0 Å². The van der Waals surface area contributed by atoms with E-state index in [4.69, 9.17) is 11.6 Å². The predicted octanol–water partition coefficient (Wildman–Crippen LogP) is 4.84. The number of hydrogen-bond acceptors (Lipinski definition) is 3. The summed E-state index contributed by atoms with van der Waals surface area (Å²) in [6, 6.07) is 14.0. The topological polar surface area (TPSA) is 40.6 Å². The molecule has 0 spiro atoms. The van der Waals surface area contributed by atoms with E-state index < -0.39 is 5.38 Å². The van der Waals surface area contributed by atoms with Gasteiger partial charge in [-0.2, -0.15) is 0 Å². The van der Waals surface area contributed by atoms with Gasteiger partial charge in [-0.1, -0.05) is 37.3 Å². The van der Waals surface area contributed by atoms with Crippen LogP contribution in [0.3, 0.4) is 0 Å². The summed E-state index contributed by atoms with van der Waals surface area (Å²) in [5.74, 6) is -0.267. The van der Waals surface area contributed by atoms with Crippen molar-refractivity contribution in [2.24, 2.45) is 0 Å². The van der Waals surface area contributed by atoms with Crippen molar-refractivity contribution < 1.29 is 9.59 Å². The highest BCUT2D eigenvalue weighted by Crippen LogP contribution is 2.19. The SMILES string of the molecule is CC[C@@H](C)N(CC(=O)N(Cc1ccccc1)Cc1ccc(C)s1)C(=O)[C@H](C)Cl. The van der Waals surface area contributed by atoms with Gasteiger partial charge in [0, 0.05) is 22.3 Å². The molecule has 2 atom stereocenters. The minimum Gasteiger partial charge on any atom is -0.332 e. The van der Waals surface area contributed by atoms with Crippen LogP contribution in [0.5, 0.6) is 0 Å². The van der Waals surface area contributed by atoms with E-state index in [9.17, 15) is 9.59 Å². The second-order valence-electron chi connectivity index (χ2n) is 7.09. The van der Waals surface area contributed by atoms with Gasteiger partial charge in [-0.3, -0.25) is 9.59 Å². The van der Waals surface area contributed by atoms with Gasteiger partial charge in [0.2, 0.25) is 11.8 Å². The molecule has 152 valence electrons. The number of amides is 2. The fourth-order valence-electron chi connectivity index (χ4n) is 2.94. The smallest absolute Gasteiger partial charge is 0.242 e. The number of carbonyl (C=O) groups excluding carboxylic acids is 2. The molecule has 0 bridgehead atoms. The number of hydrogen-bond donors (Lipinski definition) is 0. The number of rotatable bonds is 9. The van der Waals surface area contributed by atoms with Crippen LogP contribution in [0, 0.1) is 6.92 Å². The van der Waals surface area contributed by atoms with Crippen LogP contribution in [0.2, 0.25) is 0 Å². The molecule has 0 N–H and O–H groups in total. The van der Waals surface area contributed by atoms with Gasteiger partial charge in [0.1, 0.15) is 11.9 Å². The third kappa shape index (κ3) is 6.35. The normalized spacial score (nSPS) is 13.0. The molecule has 2 aromatic rings. The molecule has 0 aliphatic rings. The highest BCUT2D eigenvalue weighted by atomic mass is 35.5. The summed E-state index contributed by atoms with van der Waals surface area (Å²) in [6.45, 7) is 8.75. The Morgan fingerprint density at radius 1 is 1.07 bits per heavy atom. The van der Waals surface area contributed by atoms with E-state index in [2.05, 4.69) is 19.1 Å². The van der Waals surface area contributed by atoms with Crippen LogP contribution in [0.4, 0.5) is 0 Å². The molecule has 0 aliphatic heterocycles. The number of halogens is 1. The fraction of sp³-hybridized carbons (Fsp3) is 0.455. The first-order chi connectivity index (χ1) is 13.3. The zero-order valence-corrected chi connectivity index (χ0v) is 18.6. The number of benzene rings is 1. The molecule has 2 rings (SSSR count). The Morgan fingerprint density at radius 3 is 2.29 bits per heavy atom. The average molecular weight is 421 g/mol. The third-order valence-electron chi connectivity index (χ3n) is 4.76. The van der Waals surface area contributed by atoms with Crippen molar-refractivity contribution in [3.05, 3.63) is 57.8 Å². The first kappa shape index (κ1) is 22.4. The van der Waals surface area contributed by atoms with Crippen LogP contribution in [-0.2, 0) is 22.7 Å². The quantitative estimate of drug-likeness (QED) is 0.544. The highest BCUT2D eigenvalue weighted by Gasteiger charge is 2.27. The lowest BCUT2D eigenvalue weighted by molar-refractivity contribution is -0.142. The highest BCUT2D eigenvalue weighted by molar-refractivity contribution is 7.11. The monoisotopic (exact) mass is 420 g/mol. The first-order valence-corrected chi connectivity index (χ1v) is 10.9. The van der Waals surface area contributed by atoms with Gasteiger partial charge in [0.05, 0.1) is 6.54 Å². The van der Waals surface area contributed by atoms with E-state index in [1.54, 1.807) is 23.2 Å². The van der Waals surface area contributed by atoms with Crippen LogP contribution in [0.15, 0.2) is 42.5 Å². The number of thiophene rings is 1. The summed E-state index contributed by atoms with van der Waals surface area (Å²) in [5.41, 5.74) is 1.07. The maximum Gasteiger partial charge on any atom is 0.242 e. The van der Waals surface area contributed by atoms with Crippen LogP contribution < -0.4 is 0 Å². The summed E-state index contributed by atoms with van der Waals surface area (Å²) in [4.78, 5) is 31.5. The molecule has 0 saturated heterocycles. The lowest BCUT2D eigenvalue weighted by Crippen LogP contribution is -2.48. The number of aryl methyl sites for hydroxylation is 1. The van der Waals surface area contributed by atoms with Gasteiger partial charge >= 0.3 is 0 Å². The van der Waals surface area contributed by atoms with Gasteiger partial charge in [0.15, 0.2) is 0 Å². The molecule has 4 nitrogen and oxygen atoms in total. The van der Waals surface area contributed by atoms with E-state index in [1.165, 1.54) is 4.88 Å². The van der Waals surface area contributed by atoms with Crippen molar-refractivity contribution in [2.75, 3.05) is 6.54 Å². The van der Waals surface area contributed by atoms with Crippen molar-refractivity contribution in [1.29, 1.82) is 0 Å². The maximum atomic E-state index is 13.2. The average Bonchev–Trinajstić information content (AvgIpc) is 3.09. The lowest BCUT2D eigenvalue weighted by atomic mass is 10.2. The Hall–Kier alpha value is -1.85. The van der Waals surface area contributed by atoms with Crippen molar-refractivity contribution in [3.8, 4) is 0 Å². The molecule has 0 aliphatic carbocycles. The standard InChI is InChI=1S/C22H29ClN2O2S/c1-5-16(2)25(22(27)18(4)23)15-21(26)24(13-19-9-7-6-8-10-19)14-20-12-11-17(3)28-20/h6-12,16,18H,5,13-15H2,1-4H3/t16-,18+/m1/s1. The van der Waals surface area contributed by atoms with E-state index >= 15 is 0 Å². The molecule has 0 fully saturated rings. The summed E-state index contributed by atoms with van der Waals surface area (Å²) in [7, 11) is 0. The van der Waals surface area contributed by atoms with E-state index in [-0.39, 0.29) is 24.4 Å². The Bertz CT molecular complexity index is 776. The second kappa shape index (κ2) is 10.6. The Kier molecular flexibility index (Phi) is 8.52. The van der Waals surface area contributed by atoms with Gasteiger partial charge < -0.3 is 9.80 Å². The van der Waals surface area contributed by atoms with Gasteiger partial charge in [-0.15, -0.1) is 22.9 Å². The Morgan fingerprint density at radius 2 is 1.75 bits per heavy atom. The molecule has 1 aromatic carbocycles. The largest absolute Gasteiger partial charge is 0.332 e. The Balaban J connectivity index is 2.21. The number of carbonyl (C=O) groups is 2. The first-order valence-electron chi connectivity index (χ1n) is 9.63. The fourth-order valence-corrected chi connectivity index (χ4v) is 3.97. The van der Waals surface area contributed by atoms with E-state index in [0.717, 1.165) is 16.9 Å². The molecule has 0 radical (unpaired) electrons. The Labute approximate surface area is 177 Å². The molecule has 6 heteroatoms. The zero-order valence-electron chi connectivity index (χ0n) is 17.0. The van der Waals surface area contributed by atoms with E-state index in [0.29, 0.717) is 13.1 Å². The molecule has 0 saturated carbocycles. The molecule has 1 heterocycles. The minimum absolute atomic E-state index is 0.0415. The molecular formula is C22H29ClN2O2S. The van der Waals surface area contributed by atoms with Crippen molar-refractivity contribution in [1.82, 2.24) is 9.80 Å². The second-order valence-corrected chi connectivity index (χ2v) is 9.11. The zero-order chi connectivity index (χ0) is 20.7. The van der Waals surface area contributed by atoms with Crippen molar-refractivity contribution in [2.45, 2.75) is 58.6 Å². The van der Waals surface area contributed by atoms with Crippen LogP contribution in [0.25, 0.3) is 0 Å². The van der Waals surface area contributed by atoms with Crippen molar-refractivity contribution >= 4 is 34.8 Å². The maximum absolute atomic E-state index is 13.2. The number of alkyl halides is 1.